The van der Waals surface area contributed by atoms with Gasteiger partial charge in [-0.15, -0.1) is 0 Å². The molecule has 1 amide bonds. The highest BCUT2D eigenvalue weighted by Gasteiger charge is 2.30. The van der Waals surface area contributed by atoms with Gasteiger partial charge in [0.05, 0.1) is 18.2 Å². The van der Waals surface area contributed by atoms with E-state index >= 15 is 0 Å². The molecule has 1 fully saturated rings. The van der Waals surface area contributed by atoms with Gasteiger partial charge >= 0.3 is 0 Å². The molecule has 1 aliphatic heterocycles. The lowest BCUT2D eigenvalue weighted by molar-refractivity contribution is 0.0674. The van der Waals surface area contributed by atoms with E-state index in [4.69, 9.17) is 0 Å². The van der Waals surface area contributed by atoms with Crippen molar-refractivity contribution in [3.8, 4) is 5.75 Å². The van der Waals surface area contributed by atoms with Crippen LogP contribution in [0.3, 0.4) is 0 Å². The van der Waals surface area contributed by atoms with E-state index in [1.54, 1.807) is 30.0 Å². The van der Waals surface area contributed by atoms with Gasteiger partial charge in [0.25, 0.3) is 5.91 Å². The zero-order valence-corrected chi connectivity index (χ0v) is 9.89. The molecule has 1 heterocycles. The van der Waals surface area contributed by atoms with Gasteiger partial charge in [0.1, 0.15) is 5.75 Å². The van der Waals surface area contributed by atoms with Gasteiger partial charge in [-0.25, -0.2) is 0 Å². The Bertz CT molecular complexity index is 431. The number of nitrogens with zero attached hydrogens (tertiary/aromatic N) is 1. The van der Waals surface area contributed by atoms with Crippen molar-refractivity contribution in [1.82, 2.24) is 4.90 Å². The van der Waals surface area contributed by atoms with Gasteiger partial charge in [0.15, 0.2) is 0 Å². The first kappa shape index (κ1) is 11.9. The average molecular weight is 235 g/mol. The first-order valence-electron chi connectivity index (χ1n) is 5.85. The summed E-state index contributed by atoms with van der Waals surface area (Å²) in [6.45, 7) is 2.40. The minimum atomic E-state index is -0.192. The molecule has 0 saturated carbocycles. The zero-order chi connectivity index (χ0) is 12.4. The van der Waals surface area contributed by atoms with E-state index in [0.717, 1.165) is 12.8 Å². The fourth-order valence-electron chi connectivity index (χ4n) is 2.28. The van der Waals surface area contributed by atoms with E-state index in [1.165, 1.54) is 0 Å². The Labute approximate surface area is 100 Å². The van der Waals surface area contributed by atoms with Gasteiger partial charge in [0, 0.05) is 6.54 Å². The third kappa shape index (κ3) is 2.13. The number of phenols is 1. The van der Waals surface area contributed by atoms with Crippen molar-refractivity contribution in [2.75, 3.05) is 13.2 Å². The summed E-state index contributed by atoms with van der Waals surface area (Å²) in [6.07, 6.45) is 1.73. The van der Waals surface area contributed by atoms with Crippen LogP contribution in [0.1, 0.15) is 28.8 Å². The quantitative estimate of drug-likeness (QED) is 0.812. The number of aliphatic hydroxyl groups excluding tert-OH is 1. The molecule has 1 atom stereocenters. The minimum absolute atomic E-state index is 0.0156. The van der Waals surface area contributed by atoms with Crippen LogP contribution in [-0.4, -0.2) is 40.2 Å². The van der Waals surface area contributed by atoms with Crippen LogP contribution in [0.15, 0.2) is 18.2 Å². The molecule has 1 unspecified atom stereocenters. The summed E-state index contributed by atoms with van der Waals surface area (Å²) < 4.78 is 0. The molecule has 0 radical (unpaired) electrons. The van der Waals surface area contributed by atoms with Crippen LogP contribution in [0.25, 0.3) is 0 Å². The fourth-order valence-corrected chi connectivity index (χ4v) is 2.28. The van der Waals surface area contributed by atoms with E-state index in [9.17, 15) is 15.0 Å². The molecule has 1 aromatic carbocycles. The van der Waals surface area contributed by atoms with E-state index in [0.29, 0.717) is 17.7 Å². The number of carbonyl (C=O) groups is 1. The normalized spacial score (nSPS) is 19.6. The molecule has 0 bridgehead atoms. The molecule has 92 valence electrons. The molecular weight excluding hydrogens is 218 g/mol. The van der Waals surface area contributed by atoms with E-state index in [2.05, 4.69) is 0 Å². The second-order valence-corrected chi connectivity index (χ2v) is 4.45. The monoisotopic (exact) mass is 235 g/mol. The van der Waals surface area contributed by atoms with Gasteiger partial charge in [-0.2, -0.15) is 0 Å². The smallest absolute Gasteiger partial charge is 0.257 e. The summed E-state index contributed by atoms with van der Waals surface area (Å²) in [7, 11) is 0. The minimum Gasteiger partial charge on any atom is -0.507 e. The lowest BCUT2D eigenvalue weighted by Crippen LogP contribution is -2.37. The molecule has 1 saturated heterocycles. The Hall–Kier alpha value is -1.55. The van der Waals surface area contributed by atoms with Gasteiger partial charge < -0.3 is 15.1 Å². The molecule has 4 nitrogen and oxygen atoms in total. The summed E-state index contributed by atoms with van der Waals surface area (Å²) in [6, 6.07) is 5.03. The van der Waals surface area contributed by atoms with Crippen LogP contribution in [0.4, 0.5) is 0 Å². The van der Waals surface area contributed by atoms with Crippen LogP contribution < -0.4 is 0 Å². The van der Waals surface area contributed by atoms with E-state index in [-0.39, 0.29) is 24.3 Å². The largest absolute Gasteiger partial charge is 0.507 e. The third-order valence-corrected chi connectivity index (χ3v) is 3.32. The number of aromatic hydroxyl groups is 1. The lowest BCUT2D eigenvalue weighted by Gasteiger charge is -2.23. The Morgan fingerprint density at radius 1 is 1.53 bits per heavy atom. The Kier molecular flexibility index (Phi) is 3.33. The molecular formula is C13H17NO3. The van der Waals surface area contributed by atoms with Crippen LogP contribution in [0.5, 0.6) is 5.75 Å². The molecule has 0 spiro atoms. The molecule has 0 aliphatic carbocycles. The number of phenolic OH excluding ortho intramolecular Hbond substituents is 1. The van der Waals surface area contributed by atoms with Crippen molar-refractivity contribution in [3.05, 3.63) is 29.3 Å². The molecule has 4 heteroatoms. The number of rotatable bonds is 2. The van der Waals surface area contributed by atoms with E-state index < -0.39 is 0 Å². The fraction of sp³-hybridized carbons (Fsp3) is 0.462. The number of aliphatic hydroxyl groups is 1. The maximum atomic E-state index is 12.2. The van der Waals surface area contributed by atoms with Crippen molar-refractivity contribution in [3.63, 3.8) is 0 Å². The molecule has 2 rings (SSSR count). The summed E-state index contributed by atoms with van der Waals surface area (Å²) in [5.74, 6) is -0.149. The average Bonchev–Trinajstić information content (AvgIpc) is 2.80. The Balaban J connectivity index is 2.28. The van der Waals surface area contributed by atoms with E-state index in [1.807, 2.05) is 0 Å². The number of para-hydroxylation sites is 1. The van der Waals surface area contributed by atoms with Crippen molar-refractivity contribution in [2.24, 2.45) is 0 Å². The van der Waals surface area contributed by atoms with Crippen LogP contribution in [0, 0.1) is 6.92 Å². The van der Waals surface area contributed by atoms with Crippen molar-refractivity contribution in [1.29, 1.82) is 0 Å². The second kappa shape index (κ2) is 4.75. The number of benzene rings is 1. The van der Waals surface area contributed by atoms with Crippen LogP contribution >= 0.6 is 0 Å². The zero-order valence-electron chi connectivity index (χ0n) is 9.89. The van der Waals surface area contributed by atoms with Gasteiger partial charge in [-0.1, -0.05) is 12.1 Å². The number of amides is 1. The third-order valence-electron chi connectivity index (χ3n) is 3.32. The predicted octanol–water partition coefficient (Wildman–Crippen LogP) is 1.30. The van der Waals surface area contributed by atoms with Gasteiger partial charge in [0.2, 0.25) is 0 Å². The maximum absolute atomic E-state index is 12.2. The summed E-state index contributed by atoms with van der Waals surface area (Å²) in [4.78, 5) is 13.9. The van der Waals surface area contributed by atoms with Crippen molar-refractivity contribution >= 4 is 5.91 Å². The topological polar surface area (TPSA) is 60.8 Å². The first-order valence-corrected chi connectivity index (χ1v) is 5.85. The van der Waals surface area contributed by atoms with Crippen LogP contribution in [-0.2, 0) is 0 Å². The summed E-state index contributed by atoms with van der Waals surface area (Å²) in [5.41, 5.74) is 1.01. The number of likely N-dealkylation sites (tertiary alicyclic amines) is 1. The number of hydrogen-bond acceptors (Lipinski definition) is 3. The maximum Gasteiger partial charge on any atom is 0.257 e. The Morgan fingerprint density at radius 2 is 2.29 bits per heavy atom. The first-order chi connectivity index (χ1) is 8.15. The van der Waals surface area contributed by atoms with Gasteiger partial charge in [-0.3, -0.25) is 4.79 Å². The van der Waals surface area contributed by atoms with Crippen molar-refractivity contribution < 1.29 is 15.0 Å². The number of carbonyl (C=O) groups excluding carboxylic acids is 1. The van der Waals surface area contributed by atoms with Crippen molar-refractivity contribution in [2.45, 2.75) is 25.8 Å². The highest BCUT2D eigenvalue weighted by atomic mass is 16.3. The van der Waals surface area contributed by atoms with Crippen LogP contribution in [0.2, 0.25) is 0 Å². The SMILES string of the molecule is Cc1cccc(C(=O)N2CCCC2CO)c1O. The molecule has 1 aromatic rings. The highest BCUT2D eigenvalue weighted by Crippen LogP contribution is 2.26. The predicted molar refractivity (Wildman–Crippen MR) is 64.0 cm³/mol. The summed E-state index contributed by atoms with van der Waals surface area (Å²) in [5, 5.41) is 19.1. The molecule has 2 N–H and O–H groups in total. The highest BCUT2D eigenvalue weighted by molar-refractivity contribution is 5.97. The Morgan fingerprint density at radius 3 is 3.00 bits per heavy atom. The lowest BCUT2D eigenvalue weighted by atomic mass is 10.1. The molecule has 17 heavy (non-hydrogen) atoms. The number of aryl methyl sites for hydroxylation is 1. The van der Waals surface area contributed by atoms with Gasteiger partial charge in [-0.05, 0) is 31.4 Å². The molecule has 1 aliphatic rings. The molecule has 0 aromatic heterocycles. The summed E-state index contributed by atoms with van der Waals surface area (Å²) >= 11 is 0. The number of hydrogen-bond donors (Lipinski definition) is 2. The standard InChI is InChI=1S/C13H17NO3/c1-9-4-2-6-11(12(9)16)13(17)14-7-3-5-10(14)8-15/h2,4,6,10,15-16H,3,5,7-8H2,1H3. The second-order valence-electron chi connectivity index (χ2n) is 4.45.